The highest BCUT2D eigenvalue weighted by Crippen LogP contribution is 2.48. The van der Waals surface area contributed by atoms with Gasteiger partial charge in [0, 0.05) is 49.2 Å². The molecule has 1 aliphatic carbocycles. The Bertz CT molecular complexity index is 1290. The van der Waals surface area contributed by atoms with Gasteiger partial charge in [-0.25, -0.2) is 9.97 Å². The topological polar surface area (TPSA) is 71.5 Å². The van der Waals surface area contributed by atoms with E-state index in [1.165, 1.54) is 23.1 Å². The summed E-state index contributed by atoms with van der Waals surface area (Å²) in [6.07, 6.45) is 6.54. The lowest BCUT2D eigenvalue weighted by atomic mass is 9.71. The molecule has 1 unspecified atom stereocenters. The van der Waals surface area contributed by atoms with Gasteiger partial charge >= 0.3 is 0 Å². The summed E-state index contributed by atoms with van der Waals surface area (Å²) < 4.78 is 5.16. The second-order valence-electron chi connectivity index (χ2n) is 11.1. The van der Waals surface area contributed by atoms with Gasteiger partial charge in [0.2, 0.25) is 5.91 Å². The van der Waals surface area contributed by atoms with Gasteiger partial charge in [-0.05, 0) is 80.3 Å². The molecule has 1 aromatic carbocycles. The number of methoxy groups -OCH3 is 1. The minimum atomic E-state index is 0.179. The molecule has 2 aromatic heterocycles. The van der Waals surface area contributed by atoms with Crippen molar-refractivity contribution in [1.82, 2.24) is 24.8 Å². The second-order valence-corrected chi connectivity index (χ2v) is 11.1. The maximum Gasteiger partial charge on any atom is 0.228 e. The number of aromatic nitrogens is 3. The van der Waals surface area contributed by atoms with E-state index < -0.39 is 0 Å². The maximum absolute atomic E-state index is 12.9. The van der Waals surface area contributed by atoms with Gasteiger partial charge in [-0.2, -0.15) is 0 Å². The van der Waals surface area contributed by atoms with Crippen LogP contribution in [0.2, 0.25) is 0 Å². The molecule has 2 aliphatic heterocycles. The summed E-state index contributed by atoms with van der Waals surface area (Å²) in [7, 11) is 1.62. The maximum atomic E-state index is 12.9. The number of carbonyl (C=O) groups excluding carboxylic acids is 1. The van der Waals surface area contributed by atoms with Crippen LogP contribution < -0.4 is 4.74 Å². The van der Waals surface area contributed by atoms with Crippen LogP contribution in [-0.2, 0) is 17.6 Å². The van der Waals surface area contributed by atoms with Crippen molar-refractivity contribution >= 4 is 5.91 Å². The minimum Gasteiger partial charge on any atom is -0.495 e. The number of rotatable bonds is 5. The third-order valence-electron chi connectivity index (χ3n) is 8.51. The van der Waals surface area contributed by atoms with Crippen molar-refractivity contribution < 1.29 is 9.53 Å². The second kappa shape index (κ2) is 9.53. The third kappa shape index (κ3) is 4.73. The Morgan fingerprint density at radius 2 is 1.89 bits per heavy atom. The summed E-state index contributed by atoms with van der Waals surface area (Å²) in [5.74, 6) is 1.72. The number of piperidine rings is 1. The highest BCUT2D eigenvalue weighted by atomic mass is 16.5. The van der Waals surface area contributed by atoms with Gasteiger partial charge in [-0.3, -0.25) is 14.7 Å². The Morgan fingerprint density at radius 1 is 1.08 bits per heavy atom. The number of carbonyl (C=O) groups is 1. The van der Waals surface area contributed by atoms with Crippen molar-refractivity contribution in [2.45, 2.75) is 52.0 Å². The number of hydrogen-bond acceptors (Lipinski definition) is 6. The zero-order valence-corrected chi connectivity index (χ0v) is 22.0. The molecule has 1 amide bonds. The van der Waals surface area contributed by atoms with Crippen LogP contribution in [0, 0.1) is 19.3 Å². The first-order valence-electron chi connectivity index (χ1n) is 13.4. The highest BCUT2D eigenvalue weighted by Gasteiger charge is 2.48. The Labute approximate surface area is 218 Å². The van der Waals surface area contributed by atoms with E-state index in [-0.39, 0.29) is 5.91 Å². The Balaban J connectivity index is 1.04. The molecular formula is C30H35N5O2. The highest BCUT2D eigenvalue weighted by molar-refractivity contribution is 5.78. The van der Waals surface area contributed by atoms with E-state index in [1.807, 2.05) is 30.9 Å². The van der Waals surface area contributed by atoms with Crippen LogP contribution in [-0.4, -0.2) is 63.9 Å². The molecule has 1 atom stereocenters. The lowest BCUT2D eigenvalue weighted by molar-refractivity contribution is -0.136. The van der Waals surface area contributed by atoms with Gasteiger partial charge in [0.15, 0.2) is 0 Å². The van der Waals surface area contributed by atoms with Crippen LogP contribution in [0.25, 0.3) is 11.3 Å². The van der Waals surface area contributed by atoms with E-state index in [0.717, 1.165) is 68.3 Å². The zero-order chi connectivity index (χ0) is 25.6. The fourth-order valence-electron chi connectivity index (χ4n) is 6.48. The Morgan fingerprint density at radius 3 is 2.59 bits per heavy atom. The number of nitrogens with zero attached hydrogens (tertiary/aromatic N) is 5. The van der Waals surface area contributed by atoms with E-state index >= 15 is 0 Å². The summed E-state index contributed by atoms with van der Waals surface area (Å²) in [6, 6.07) is 13.2. The molecule has 2 fully saturated rings. The van der Waals surface area contributed by atoms with Crippen molar-refractivity contribution in [2.75, 3.05) is 33.3 Å². The number of likely N-dealkylation sites (tertiary alicyclic amines) is 2. The Kier molecular flexibility index (Phi) is 6.19. The summed E-state index contributed by atoms with van der Waals surface area (Å²) in [5.41, 5.74) is 7.34. The first-order valence-corrected chi connectivity index (χ1v) is 13.4. The lowest BCUT2D eigenvalue weighted by Gasteiger charge is -2.56. The molecule has 37 heavy (non-hydrogen) atoms. The molecular weight excluding hydrogens is 462 g/mol. The van der Waals surface area contributed by atoms with Crippen molar-refractivity contribution in [3.8, 4) is 17.0 Å². The summed E-state index contributed by atoms with van der Waals surface area (Å²) >= 11 is 0. The van der Waals surface area contributed by atoms with Crippen molar-refractivity contribution in [2.24, 2.45) is 5.41 Å². The summed E-state index contributed by atoms with van der Waals surface area (Å²) in [5, 5.41) is 0. The van der Waals surface area contributed by atoms with Gasteiger partial charge in [0.25, 0.3) is 0 Å². The van der Waals surface area contributed by atoms with E-state index in [9.17, 15) is 4.79 Å². The lowest BCUT2D eigenvalue weighted by Crippen LogP contribution is -2.61. The number of hydrogen-bond donors (Lipinski definition) is 0. The van der Waals surface area contributed by atoms with Gasteiger partial charge in [-0.1, -0.05) is 12.1 Å². The van der Waals surface area contributed by atoms with Gasteiger partial charge in [-0.15, -0.1) is 0 Å². The van der Waals surface area contributed by atoms with Crippen LogP contribution in [0.5, 0.6) is 5.75 Å². The average molecular weight is 498 g/mol. The van der Waals surface area contributed by atoms with E-state index in [1.54, 1.807) is 13.3 Å². The molecule has 6 rings (SSSR count). The van der Waals surface area contributed by atoms with Crippen molar-refractivity contribution in [1.29, 1.82) is 0 Å². The van der Waals surface area contributed by atoms with E-state index in [2.05, 4.69) is 44.1 Å². The van der Waals surface area contributed by atoms with Gasteiger partial charge in [0.05, 0.1) is 25.4 Å². The van der Waals surface area contributed by atoms with Crippen LogP contribution in [0.4, 0.5) is 0 Å². The normalized spacial score (nSPS) is 20.5. The molecule has 4 heterocycles. The molecule has 192 valence electrons. The zero-order valence-electron chi connectivity index (χ0n) is 22.0. The molecule has 2 saturated heterocycles. The predicted octanol–water partition coefficient (Wildman–Crippen LogP) is 4.32. The molecule has 7 nitrogen and oxygen atoms in total. The summed E-state index contributed by atoms with van der Waals surface area (Å²) in [6.45, 7) is 7.98. The first-order chi connectivity index (χ1) is 17.9. The van der Waals surface area contributed by atoms with Crippen LogP contribution in [0.15, 0.2) is 42.6 Å². The molecule has 3 aromatic rings. The third-order valence-corrected chi connectivity index (χ3v) is 8.51. The predicted molar refractivity (Wildman–Crippen MR) is 142 cm³/mol. The number of amides is 1. The molecule has 0 bridgehead atoms. The van der Waals surface area contributed by atoms with E-state index in [0.29, 0.717) is 23.6 Å². The smallest absolute Gasteiger partial charge is 0.228 e. The van der Waals surface area contributed by atoms with E-state index in [4.69, 9.17) is 4.74 Å². The number of ether oxygens (including phenoxy) is 1. The largest absolute Gasteiger partial charge is 0.495 e. The summed E-state index contributed by atoms with van der Waals surface area (Å²) in [4.78, 5) is 31.0. The fraction of sp³-hybridized carbons (Fsp3) is 0.467. The molecule has 7 heteroatoms. The molecule has 0 radical (unpaired) electrons. The monoisotopic (exact) mass is 497 g/mol. The number of benzene rings is 1. The molecule has 0 N–H and O–H groups in total. The molecule has 0 saturated carbocycles. The fourth-order valence-corrected chi connectivity index (χ4v) is 6.48. The quantitative estimate of drug-likeness (QED) is 0.523. The van der Waals surface area contributed by atoms with Crippen molar-refractivity contribution in [3.63, 3.8) is 0 Å². The van der Waals surface area contributed by atoms with Gasteiger partial charge in [0.1, 0.15) is 11.6 Å². The minimum absolute atomic E-state index is 0.179. The number of fused-ring (bicyclic) bond motifs is 1. The average Bonchev–Trinajstić information content (AvgIpc) is 3.30. The molecule has 3 aliphatic rings. The van der Waals surface area contributed by atoms with Gasteiger partial charge < -0.3 is 9.64 Å². The van der Waals surface area contributed by atoms with Crippen LogP contribution >= 0.6 is 0 Å². The Hall–Kier alpha value is -3.32. The molecule has 1 spiro atoms. The van der Waals surface area contributed by atoms with Crippen LogP contribution in [0.1, 0.15) is 53.6 Å². The number of aryl methyl sites for hydroxylation is 3. The van der Waals surface area contributed by atoms with Crippen LogP contribution in [0.3, 0.4) is 0 Å². The van der Waals surface area contributed by atoms with Crippen molar-refractivity contribution in [3.05, 3.63) is 70.9 Å². The number of pyridine rings is 1. The SMILES string of the molecule is COc1ccc(CC(=O)N2CCC3(CC2)CN(C2CCc4cc(-c5cc(C)nc(C)n5)ccc42)C3)nc1. The standard InChI is InChI=1S/C30H35N5O2/c1-20-14-27(33-21(2)32-20)23-4-8-26-22(15-23)5-9-28(26)35-18-30(19-35)10-12-34(13-11-30)29(36)16-24-6-7-25(37-3)17-31-24/h4,6-8,14-15,17,28H,5,9-13,16,18-19H2,1-3H3. The first kappa shape index (κ1) is 24.0.